The summed E-state index contributed by atoms with van der Waals surface area (Å²) >= 11 is 0. The highest BCUT2D eigenvalue weighted by molar-refractivity contribution is 4.78. The van der Waals surface area contributed by atoms with E-state index in [1.807, 2.05) is 6.20 Å². The van der Waals surface area contributed by atoms with Crippen LogP contribution in [-0.2, 0) is 18.0 Å². The lowest BCUT2D eigenvalue weighted by atomic mass is 10.6. The van der Waals surface area contributed by atoms with Gasteiger partial charge in [0.1, 0.15) is 12.4 Å². The summed E-state index contributed by atoms with van der Waals surface area (Å²) in [5.74, 6) is 1.23. The Bertz CT molecular complexity index is 230. The molecule has 0 bridgehead atoms. The van der Waals surface area contributed by atoms with Crippen LogP contribution >= 0.6 is 0 Å². The lowest BCUT2D eigenvalue weighted by Gasteiger charge is -1.96. The number of rotatable bonds is 3. The molecule has 1 rings (SSSR count). The van der Waals surface area contributed by atoms with E-state index in [-0.39, 0.29) is 0 Å². The molecule has 0 aliphatic carbocycles. The van der Waals surface area contributed by atoms with Gasteiger partial charge in [-0.2, -0.15) is 0 Å². The summed E-state index contributed by atoms with van der Waals surface area (Å²) in [7, 11) is 1.70. The Labute approximate surface area is 67.2 Å². The van der Waals surface area contributed by atoms with Crippen LogP contribution < -0.4 is 4.57 Å². The molecule has 0 aliphatic heterocycles. The van der Waals surface area contributed by atoms with Gasteiger partial charge in [0.05, 0.1) is 6.54 Å². The number of nitrogens with zero attached hydrogens (tertiary/aromatic N) is 2. The Morgan fingerprint density at radius 2 is 2.36 bits per heavy atom. The monoisotopic (exact) mass is 155 g/mol. The molecule has 0 saturated heterocycles. The van der Waals surface area contributed by atoms with Crippen LogP contribution in [0.4, 0.5) is 0 Å². The van der Waals surface area contributed by atoms with Crippen molar-refractivity contribution in [2.24, 2.45) is 0 Å². The summed E-state index contributed by atoms with van der Waals surface area (Å²) in [6.45, 7) is 5.87. The minimum absolute atomic E-state index is 0.638. The fourth-order valence-corrected chi connectivity index (χ4v) is 1.15. The Hall–Kier alpha value is -0.830. The third-order valence-electron chi connectivity index (χ3n) is 1.87. The molecule has 1 heterocycles. The molecule has 0 atom stereocenters. The summed E-state index contributed by atoms with van der Waals surface area (Å²) in [6.07, 6.45) is 4.09. The Morgan fingerprint density at radius 3 is 2.82 bits per heavy atom. The van der Waals surface area contributed by atoms with Crippen molar-refractivity contribution in [1.29, 1.82) is 0 Å². The van der Waals surface area contributed by atoms with Crippen molar-refractivity contribution < 1.29 is 9.30 Å². The first-order valence-corrected chi connectivity index (χ1v) is 3.83. The maximum absolute atomic E-state index is 5.02. The van der Waals surface area contributed by atoms with E-state index in [1.54, 1.807) is 7.11 Å². The first-order valence-electron chi connectivity index (χ1n) is 3.83. The van der Waals surface area contributed by atoms with Crippen LogP contribution in [0.5, 0.6) is 0 Å². The molecule has 0 aromatic carbocycles. The fourth-order valence-electron chi connectivity index (χ4n) is 1.15. The van der Waals surface area contributed by atoms with Crippen LogP contribution in [0.3, 0.4) is 0 Å². The normalized spacial score (nSPS) is 10.5. The zero-order valence-corrected chi connectivity index (χ0v) is 7.37. The zero-order chi connectivity index (χ0) is 8.27. The van der Waals surface area contributed by atoms with Crippen molar-refractivity contribution in [2.75, 3.05) is 7.11 Å². The van der Waals surface area contributed by atoms with Gasteiger partial charge in [0.15, 0.2) is 6.73 Å². The summed E-state index contributed by atoms with van der Waals surface area (Å²) in [6, 6.07) is 0. The molecule has 11 heavy (non-hydrogen) atoms. The molecule has 3 nitrogen and oxygen atoms in total. The number of imidazole rings is 1. The van der Waals surface area contributed by atoms with Crippen molar-refractivity contribution in [3.63, 3.8) is 0 Å². The second-order valence-corrected chi connectivity index (χ2v) is 2.52. The Kier molecular flexibility index (Phi) is 2.65. The van der Waals surface area contributed by atoms with E-state index >= 15 is 0 Å². The topological polar surface area (TPSA) is 18.0 Å². The van der Waals surface area contributed by atoms with E-state index in [1.165, 1.54) is 5.82 Å². The highest BCUT2D eigenvalue weighted by Crippen LogP contribution is 1.92. The molecule has 1 aromatic heterocycles. The molecule has 1 aromatic rings. The van der Waals surface area contributed by atoms with Gasteiger partial charge in [0, 0.05) is 14.0 Å². The maximum atomic E-state index is 5.02. The van der Waals surface area contributed by atoms with Crippen molar-refractivity contribution in [3.8, 4) is 0 Å². The molecule has 0 saturated carbocycles. The molecule has 0 aliphatic rings. The largest absolute Gasteiger partial charge is 0.345 e. The molecule has 3 heteroatoms. The van der Waals surface area contributed by atoms with Crippen LogP contribution in [0.1, 0.15) is 12.7 Å². The van der Waals surface area contributed by atoms with Crippen LogP contribution in [-0.4, -0.2) is 11.7 Å². The van der Waals surface area contributed by atoms with Crippen molar-refractivity contribution >= 4 is 0 Å². The Balaban J connectivity index is 2.82. The second-order valence-electron chi connectivity index (χ2n) is 2.52. The van der Waals surface area contributed by atoms with Gasteiger partial charge in [-0.15, -0.1) is 0 Å². The molecular weight excluding hydrogens is 140 g/mol. The maximum Gasteiger partial charge on any atom is 0.255 e. The third-order valence-corrected chi connectivity index (χ3v) is 1.87. The van der Waals surface area contributed by atoms with Gasteiger partial charge in [0.25, 0.3) is 5.82 Å². The lowest BCUT2D eigenvalue weighted by molar-refractivity contribution is -0.736. The minimum Gasteiger partial charge on any atom is -0.345 e. The summed E-state index contributed by atoms with van der Waals surface area (Å²) < 4.78 is 9.27. The molecule has 0 radical (unpaired) electrons. The van der Waals surface area contributed by atoms with Gasteiger partial charge >= 0.3 is 0 Å². The van der Waals surface area contributed by atoms with Gasteiger partial charge in [-0.05, 0) is 6.92 Å². The van der Waals surface area contributed by atoms with Gasteiger partial charge in [-0.3, -0.25) is 0 Å². The van der Waals surface area contributed by atoms with E-state index in [0.29, 0.717) is 6.73 Å². The number of aromatic nitrogens is 2. The van der Waals surface area contributed by atoms with Gasteiger partial charge in [0.2, 0.25) is 0 Å². The van der Waals surface area contributed by atoms with E-state index in [9.17, 15) is 0 Å². The molecule has 62 valence electrons. The smallest absolute Gasteiger partial charge is 0.255 e. The first kappa shape index (κ1) is 8.27. The molecule has 0 fully saturated rings. The van der Waals surface area contributed by atoms with E-state index in [0.717, 1.165) is 6.54 Å². The molecule has 0 unspecified atom stereocenters. The number of aryl methyl sites for hydroxylation is 1. The lowest BCUT2D eigenvalue weighted by Crippen LogP contribution is -2.36. The summed E-state index contributed by atoms with van der Waals surface area (Å²) in [5, 5.41) is 0. The Morgan fingerprint density at radius 1 is 1.64 bits per heavy atom. The van der Waals surface area contributed by atoms with Gasteiger partial charge in [-0.1, -0.05) is 0 Å². The minimum atomic E-state index is 0.638. The zero-order valence-electron chi connectivity index (χ0n) is 7.37. The number of ether oxygens (including phenoxy) is 1. The quantitative estimate of drug-likeness (QED) is 0.588. The molecular formula is C8H15N2O+. The number of hydrogen-bond acceptors (Lipinski definition) is 1. The van der Waals surface area contributed by atoms with Crippen LogP contribution in [0.15, 0.2) is 12.4 Å². The van der Waals surface area contributed by atoms with E-state index in [2.05, 4.69) is 29.2 Å². The standard InChI is InChI=1S/C8H15N2O/c1-4-9-5-6-10(7-11-3)8(9)2/h5-6H,4,7H2,1-3H3/q+1. The summed E-state index contributed by atoms with van der Waals surface area (Å²) in [5.41, 5.74) is 0. The van der Waals surface area contributed by atoms with Crippen LogP contribution in [0.2, 0.25) is 0 Å². The second kappa shape index (κ2) is 3.53. The molecule has 0 spiro atoms. The highest BCUT2D eigenvalue weighted by Gasteiger charge is 2.08. The predicted octanol–water partition coefficient (Wildman–Crippen LogP) is 0.708. The number of methoxy groups -OCH3 is 1. The molecule has 0 N–H and O–H groups in total. The highest BCUT2D eigenvalue weighted by atomic mass is 16.5. The number of hydrogen-bond donors (Lipinski definition) is 0. The van der Waals surface area contributed by atoms with Gasteiger partial charge < -0.3 is 4.74 Å². The average molecular weight is 155 g/mol. The first-order chi connectivity index (χ1) is 5.29. The van der Waals surface area contributed by atoms with Crippen LogP contribution in [0, 0.1) is 6.92 Å². The van der Waals surface area contributed by atoms with E-state index in [4.69, 9.17) is 4.74 Å². The third kappa shape index (κ3) is 1.60. The summed E-state index contributed by atoms with van der Waals surface area (Å²) in [4.78, 5) is 0. The fraction of sp³-hybridized carbons (Fsp3) is 0.625. The van der Waals surface area contributed by atoms with Crippen molar-refractivity contribution in [2.45, 2.75) is 27.1 Å². The van der Waals surface area contributed by atoms with E-state index < -0.39 is 0 Å². The SMILES string of the molecule is CCn1cc[n+](COC)c1C. The van der Waals surface area contributed by atoms with Gasteiger partial charge in [-0.25, -0.2) is 9.13 Å². The predicted molar refractivity (Wildman–Crippen MR) is 42.0 cm³/mol. The molecule has 0 amide bonds. The van der Waals surface area contributed by atoms with Crippen molar-refractivity contribution in [1.82, 2.24) is 4.57 Å². The average Bonchev–Trinajstić information content (AvgIpc) is 2.34. The van der Waals surface area contributed by atoms with Crippen LogP contribution in [0.25, 0.3) is 0 Å². The van der Waals surface area contributed by atoms with Crippen molar-refractivity contribution in [3.05, 3.63) is 18.2 Å².